The summed E-state index contributed by atoms with van der Waals surface area (Å²) in [5.41, 5.74) is 4.47. The topological polar surface area (TPSA) is 67.8 Å². The van der Waals surface area contributed by atoms with E-state index in [-0.39, 0.29) is 11.8 Å². The molecule has 1 N–H and O–H groups in total. The molecule has 24 heavy (non-hydrogen) atoms. The fourth-order valence-electron chi connectivity index (χ4n) is 2.97. The van der Waals surface area contributed by atoms with Gasteiger partial charge in [-0.3, -0.25) is 9.78 Å². The number of anilines is 1. The van der Waals surface area contributed by atoms with Crippen molar-refractivity contribution in [2.24, 2.45) is 0 Å². The molecule has 0 saturated carbocycles. The van der Waals surface area contributed by atoms with Crippen LogP contribution in [0.5, 0.6) is 0 Å². The number of hydrogen-bond acceptors (Lipinski definition) is 5. The quantitative estimate of drug-likeness (QED) is 0.767. The predicted molar refractivity (Wildman–Crippen MR) is 97.8 cm³/mol. The minimum atomic E-state index is -0.153. The summed E-state index contributed by atoms with van der Waals surface area (Å²) in [6.07, 6.45) is 0.687. The number of aryl methyl sites for hydroxylation is 2. The first-order valence-electron chi connectivity index (χ1n) is 8.04. The van der Waals surface area contributed by atoms with Gasteiger partial charge in [0.2, 0.25) is 0 Å². The minimum Gasteiger partial charge on any atom is -0.320 e. The van der Waals surface area contributed by atoms with E-state index in [1.165, 1.54) is 0 Å². The summed E-state index contributed by atoms with van der Waals surface area (Å²) in [6, 6.07) is 7.88. The van der Waals surface area contributed by atoms with Crippen molar-refractivity contribution in [3.63, 3.8) is 0 Å². The molecule has 0 fully saturated rings. The van der Waals surface area contributed by atoms with Crippen LogP contribution in [0.2, 0.25) is 0 Å². The molecular weight excluding hydrogens is 320 g/mol. The maximum Gasteiger partial charge on any atom is 0.269 e. The molecule has 6 heteroatoms. The third kappa shape index (κ3) is 2.89. The average molecular weight is 340 g/mol. The monoisotopic (exact) mass is 340 g/mol. The van der Waals surface area contributed by atoms with Crippen molar-refractivity contribution in [3.05, 3.63) is 46.1 Å². The number of nitrogens with zero attached hydrogens (tertiary/aromatic N) is 3. The summed E-state index contributed by atoms with van der Waals surface area (Å²) in [5, 5.41) is 8.09. The molecule has 3 aromatic rings. The highest BCUT2D eigenvalue weighted by Crippen LogP contribution is 2.34. The molecule has 124 valence electrons. The van der Waals surface area contributed by atoms with Crippen molar-refractivity contribution in [3.8, 4) is 0 Å². The number of hydrogen-bond donors (Lipinski definition) is 1. The van der Waals surface area contributed by atoms with Crippen LogP contribution in [-0.4, -0.2) is 20.5 Å². The van der Waals surface area contributed by atoms with E-state index in [2.05, 4.69) is 33.7 Å². The molecule has 1 amide bonds. The van der Waals surface area contributed by atoms with Gasteiger partial charge in [0.15, 0.2) is 0 Å². The van der Waals surface area contributed by atoms with Crippen LogP contribution in [0.15, 0.2) is 24.3 Å². The molecule has 3 rings (SSSR count). The molecule has 0 bridgehead atoms. The van der Waals surface area contributed by atoms with E-state index in [0.717, 1.165) is 45.1 Å². The Balaban J connectivity index is 2.14. The molecule has 0 saturated heterocycles. The fraction of sp³-hybridized carbons (Fsp3) is 0.333. The Labute approximate surface area is 145 Å². The molecule has 0 unspecified atom stereocenters. The van der Waals surface area contributed by atoms with Gasteiger partial charge in [0.25, 0.3) is 5.91 Å². The largest absolute Gasteiger partial charge is 0.320 e. The van der Waals surface area contributed by atoms with E-state index in [4.69, 9.17) is 0 Å². The van der Waals surface area contributed by atoms with E-state index < -0.39 is 0 Å². The first-order valence-corrected chi connectivity index (χ1v) is 8.82. The van der Waals surface area contributed by atoms with Gasteiger partial charge in [-0.25, -0.2) is 0 Å². The van der Waals surface area contributed by atoms with E-state index >= 15 is 0 Å². The molecule has 1 aromatic carbocycles. The van der Waals surface area contributed by atoms with Gasteiger partial charge < -0.3 is 5.32 Å². The van der Waals surface area contributed by atoms with Crippen molar-refractivity contribution in [1.82, 2.24) is 14.6 Å². The van der Waals surface area contributed by atoms with Crippen LogP contribution in [0.1, 0.15) is 53.3 Å². The fourth-order valence-corrected chi connectivity index (χ4v) is 3.62. The van der Waals surface area contributed by atoms with Gasteiger partial charge >= 0.3 is 0 Å². The number of amides is 1. The highest BCUT2D eigenvalue weighted by Gasteiger charge is 2.20. The molecule has 0 aliphatic carbocycles. The maximum atomic E-state index is 12.8. The second-order valence-corrected chi connectivity index (χ2v) is 6.77. The lowest BCUT2D eigenvalue weighted by molar-refractivity contribution is 0.102. The van der Waals surface area contributed by atoms with Crippen molar-refractivity contribution in [2.75, 3.05) is 5.32 Å². The number of fused-ring (bicyclic) bond motifs is 1. The van der Waals surface area contributed by atoms with E-state index in [1.54, 1.807) is 0 Å². The second kappa shape index (κ2) is 6.65. The minimum absolute atomic E-state index is 0.153. The zero-order valence-corrected chi connectivity index (χ0v) is 15.1. The normalized spacial score (nSPS) is 11.2. The second-order valence-electron chi connectivity index (χ2n) is 6.01. The zero-order chi connectivity index (χ0) is 17.3. The van der Waals surface area contributed by atoms with Gasteiger partial charge in [0, 0.05) is 16.6 Å². The van der Waals surface area contributed by atoms with Gasteiger partial charge in [-0.15, -0.1) is 5.10 Å². The van der Waals surface area contributed by atoms with Gasteiger partial charge in [-0.05, 0) is 36.9 Å². The lowest BCUT2D eigenvalue weighted by atomic mass is 9.96. The molecule has 2 heterocycles. The Morgan fingerprint density at radius 3 is 2.75 bits per heavy atom. The lowest BCUT2D eigenvalue weighted by Crippen LogP contribution is -2.15. The summed E-state index contributed by atoms with van der Waals surface area (Å²) in [4.78, 5) is 18.0. The van der Waals surface area contributed by atoms with Gasteiger partial charge in [0.05, 0.1) is 16.9 Å². The molecule has 0 spiro atoms. The number of rotatable bonds is 4. The first kappa shape index (κ1) is 16.5. The molecule has 0 atom stereocenters. The summed E-state index contributed by atoms with van der Waals surface area (Å²) >= 11 is 1.14. The first-order chi connectivity index (χ1) is 11.5. The molecular formula is C18H20N4OS. The summed E-state index contributed by atoms with van der Waals surface area (Å²) in [5.74, 6) is 0.0992. The van der Waals surface area contributed by atoms with Gasteiger partial charge in [0.1, 0.15) is 4.88 Å². The van der Waals surface area contributed by atoms with E-state index in [1.807, 2.05) is 38.1 Å². The van der Waals surface area contributed by atoms with Crippen LogP contribution >= 0.6 is 11.5 Å². The molecule has 0 aliphatic heterocycles. The molecule has 0 radical (unpaired) electrons. The highest BCUT2D eigenvalue weighted by molar-refractivity contribution is 7.08. The van der Waals surface area contributed by atoms with Gasteiger partial charge in [-0.2, -0.15) is 0 Å². The number of nitrogens with one attached hydrogen (secondary N) is 1. The third-order valence-corrected chi connectivity index (χ3v) is 4.80. The Morgan fingerprint density at radius 1 is 1.29 bits per heavy atom. The predicted octanol–water partition coefficient (Wildman–Crippen LogP) is 4.33. The number of aromatic nitrogens is 3. The van der Waals surface area contributed by atoms with E-state index in [0.29, 0.717) is 11.3 Å². The van der Waals surface area contributed by atoms with Crippen LogP contribution in [0.4, 0.5) is 5.69 Å². The Morgan fingerprint density at radius 2 is 2.04 bits per heavy atom. The van der Waals surface area contributed by atoms with Gasteiger partial charge in [-0.1, -0.05) is 43.5 Å². The standard InChI is InChI=1S/C18H20N4OS/c1-5-13-17(24-22-21-13)18(23)20-16-12-8-6-7-9-14(12)19-11(4)15(16)10(2)3/h6-10H,5H2,1-4H3,(H,19,20,23). The Hall–Kier alpha value is -2.34. The Bertz CT molecular complexity index is 901. The highest BCUT2D eigenvalue weighted by atomic mass is 32.1. The number of benzene rings is 1. The SMILES string of the molecule is CCc1nnsc1C(=O)Nc1c(C(C)C)c(C)nc2ccccc12. The van der Waals surface area contributed by atoms with Crippen LogP contribution < -0.4 is 5.32 Å². The number of pyridine rings is 1. The maximum absolute atomic E-state index is 12.8. The number of carbonyl (C=O) groups is 1. The number of carbonyl (C=O) groups excluding carboxylic acids is 1. The van der Waals surface area contributed by atoms with E-state index in [9.17, 15) is 4.79 Å². The molecule has 2 aromatic heterocycles. The van der Waals surface area contributed by atoms with Crippen molar-refractivity contribution < 1.29 is 4.79 Å². The number of para-hydroxylation sites is 1. The van der Waals surface area contributed by atoms with Crippen LogP contribution in [0.25, 0.3) is 10.9 Å². The average Bonchev–Trinajstić information content (AvgIpc) is 3.03. The Kier molecular flexibility index (Phi) is 4.57. The van der Waals surface area contributed by atoms with Crippen molar-refractivity contribution in [1.29, 1.82) is 0 Å². The molecule has 0 aliphatic rings. The zero-order valence-electron chi connectivity index (χ0n) is 14.3. The van der Waals surface area contributed by atoms with Crippen molar-refractivity contribution in [2.45, 2.75) is 40.0 Å². The lowest BCUT2D eigenvalue weighted by Gasteiger charge is -2.18. The van der Waals surface area contributed by atoms with Crippen LogP contribution in [-0.2, 0) is 6.42 Å². The summed E-state index contributed by atoms with van der Waals surface area (Å²) < 4.78 is 3.91. The van der Waals surface area contributed by atoms with Crippen LogP contribution in [0.3, 0.4) is 0 Å². The van der Waals surface area contributed by atoms with Crippen molar-refractivity contribution >= 4 is 34.0 Å². The van der Waals surface area contributed by atoms with Crippen LogP contribution in [0, 0.1) is 6.92 Å². The summed E-state index contributed by atoms with van der Waals surface area (Å²) in [6.45, 7) is 8.18. The smallest absolute Gasteiger partial charge is 0.269 e. The summed E-state index contributed by atoms with van der Waals surface area (Å²) in [7, 11) is 0. The third-order valence-electron chi connectivity index (χ3n) is 4.03. The molecule has 5 nitrogen and oxygen atoms in total.